The maximum atomic E-state index is 12.3. The molecule has 9 heteroatoms. The molecule has 29 heavy (non-hydrogen) atoms. The van der Waals surface area contributed by atoms with Gasteiger partial charge in [0.05, 0.1) is 24.5 Å². The number of benzene rings is 1. The van der Waals surface area contributed by atoms with E-state index in [9.17, 15) is 24.6 Å². The van der Waals surface area contributed by atoms with Crippen molar-refractivity contribution in [2.75, 3.05) is 5.32 Å². The SMILES string of the molecule is C[C@@H](O)[C@H]1C(=O)N2C(C(=O)O)=C(c3cccc(CC(=O)Nc4ccon4)c3)C[C@H]12. The number of amides is 2. The van der Waals surface area contributed by atoms with Gasteiger partial charge in [0.1, 0.15) is 12.0 Å². The Morgan fingerprint density at radius 3 is 2.83 bits per heavy atom. The minimum Gasteiger partial charge on any atom is -0.477 e. The average molecular weight is 397 g/mol. The van der Waals surface area contributed by atoms with Gasteiger partial charge in [-0.15, -0.1) is 0 Å². The van der Waals surface area contributed by atoms with E-state index < -0.39 is 18.0 Å². The van der Waals surface area contributed by atoms with Crippen LogP contribution in [0.25, 0.3) is 5.57 Å². The molecule has 2 amide bonds. The van der Waals surface area contributed by atoms with E-state index in [0.29, 0.717) is 28.9 Å². The van der Waals surface area contributed by atoms with Crippen molar-refractivity contribution in [3.63, 3.8) is 0 Å². The fourth-order valence-electron chi connectivity index (χ4n) is 4.05. The number of aliphatic carboxylic acids is 1. The summed E-state index contributed by atoms with van der Waals surface area (Å²) in [6.07, 6.45) is 0.919. The number of hydrogen-bond acceptors (Lipinski definition) is 6. The molecule has 3 N–H and O–H groups in total. The predicted molar refractivity (Wildman–Crippen MR) is 100 cm³/mol. The van der Waals surface area contributed by atoms with Gasteiger partial charge in [0, 0.05) is 6.07 Å². The van der Waals surface area contributed by atoms with Crippen LogP contribution in [-0.4, -0.2) is 50.2 Å². The van der Waals surface area contributed by atoms with Gasteiger partial charge in [-0.3, -0.25) is 9.59 Å². The van der Waals surface area contributed by atoms with E-state index in [4.69, 9.17) is 0 Å². The van der Waals surface area contributed by atoms with Gasteiger partial charge in [-0.1, -0.05) is 29.4 Å². The number of hydrogen-bond donors (Lipinski definition) is 3. The second-order valence-electron chi connectivity index (χ2n) is 7.19. The molecule has 0 saturated carbocycles. The van der Waals surface area contributed by atoms with Gasteiger partial charge in [-0.2, -0.15) is 0 Å². The van der Waals surface area contributed by atoms with Gasteiger partial charge < -0.3 is 25.0 Å². The third-order valence-electron chi connectivity index (χ3n) is 5.28. The zero-order chi connectivity index (χ0) is 20.7. The lowest BCUT2D eigenvalue weighted by molar-refractivity contribution is -0.161. The first kappa shape index (κ1) is 18.9. The molecule has 0 spiro atoms. The summed E-state index contributed by atoms with van der Waals surface area (Å²) >= 11 is 0. The predicted octanol–water partition coefficient (Wildman–Crippen LogP) is 1.26. The molecule has 1 aromatic heterocycles. The van der Waals surface area contributed by atoms with Crippen molar-refractivity contribution in [1.29, 1.82) is 0 Å². The zero-order valence-electron chi connectivity index (χ0n) is 15.5. The van der Waals surface area contributed by atoms with E-state index in [-0.39, 0.29) is 30.0 Å². The fourth-order valence-corrected chi connectivity index (χ4v) is 4.05. The van der Waals surface area contributed by atoms with E-state index in [1.807, 2.05) is 0 Å². The molecule has 0 aliphatic carbocycles. The molecule has 1 fully saturated rings. The maximum absolute atomic E-state index is 12.3. The number of carboxylic acids is 1. The van der Waals surface area contributed by atoms with Crippen LogP contribution >= 0.6 is 0 Å². The summed E-state index contributed by atoms with van der Waals surface area (Å²) in [5, 5.41) is 25.8. The number of fused-ring (bicyclic) bond motifs is 1. The minimum atomic E-state index is -1.19. The number of rotatable bonds is 6. The summed E-state index contributed by atoms with van der Waals surface area (Å²) in [5.74, 6) is -2.14. The summed E-state index contributed by atoms with van der Waals surface area (Å²) in [6.45, 7) is 1.53. The lowest BCUT2D eigenvalue weighted by Gasteiger charge is -2.44. The van der Waals surface area contributed by atoms with Gasteiger partial charge >= 0.3 is 5.97 Å². The van der Waals surface area contributed by atoms with E-state index >= 15 is 0 Å². The second-order valence-corrected chi connectivity index (χ2v) is 7.19. The highest BCUT2D eigenvalue weighted by Gasteiger charge is 2.56. The Morgan fingerprint density at radius 2 is 2.17 bits per heavy atom. The number of aliphatic hydroxyl groups excluding tert-OH is 1. The number of carbonyl (C=O) groups excluding carboxylic acids is 2. The summed E-state index contributed by atoms with van der Waals surface area (Å²) in [5.41, 5.74) is 1.80. The highest BCUT2D eigenvalue weighted by atomic mass is 16.5. The Morgan fingerprint density at radius 1 is 1.38 bits per heavy atom. The monoisotopic (exact) mass is 397 g/mol. The standard InChI is InChI=1S/C20H19N3O6/c1-10(24)17-14-9-13(18(20(27)28)23(14)19(17)26)12-4-2-3-11(7-12)8-16(25)21-15-5-6-29-22-15/h2-7,10,14,17,24H,8-9H2,1H3,(H,27,28)(H,21,22,25)/t10-,14-,17-/m1/s1. The van der Waals surface area contributed by atoms with Crippen molar-refractivity contribution < 1.29 is 29.1 Å². The molecule has 1 aromatic carbocycles. The Balaban J connectivity index is 1.58. The highest BCUT2D eigenvalue weighted by molar-refractivity contribution is 6.06. The first-order valence-electron chi connectivity index (χ1n) is 9.14. The van der Waals surface area contributed by atoms with Crippen LogP contribution in [-0.2, 0) is 20.8 Å². The topological polar surface area (TPSA) is 133 Å². The third kappa shape index (κ3) is 3.29. The van der Waals surface area contributed by atoms with Crippen LogP contribution in [0.1, 0.15) is 24.5 Å². The Bertz CT molecular complexity index is 1010. The summed E-state index contributed by atoms with van der Waals surface area (Å²) < 4.78 is 4.67. The summed E-state index contributed by atoms with van der Waals surface area (Å²) in [6, 6.07) is 8.17. The Labute approximate surface area is 165 Å². The van der Waals surface area contributed by atoms with Crippen molar-refractivity contribution in [2.24, 2.45) is 5.92 Å². The van der Waals surface area contributed by atoms with Crippen molar-refractivity contribution in [3.05, 3.63) is 53.4 Å². The van der Waals surface area contributed by atoms with Gasteiger partial charge in [0.2, 0.25) is 11.8 Å². The molecular formula is C20H19N3O6. The van der Waals surface area contributed by atoms with Crippen LogP contribution in [0.2, 0.25) is 0 Å². The molecule has 9 nitrogen and oxygen atoms in total. The van der Waals surface area contributed by atoms with Crippen LogP contribution in [0.4, 0.5) is 5.82 Å². The van der Waals surface area contributed by atoms with E-state index in [0.717, 1.165) is 0 Å². The third-order valence-corrected chi connectivity index (χ3v) is 5.28. The van der Waals surface area contributed by atoms with Gasteiger partial charge in [-0.25, -0.2) is 4.79 Å². The largest absolute Gasteiger partial charge is 0.477 e. The average Bonchev–Trinajstić information content (AvgIpc) is 3.27. The van der Waals surface area contributed by atoms with Crippen LogP contribution in [0.3, 0.4) is 0 Å². The number of anilines is 1. The molecule has 3 heterocycles. The summed E-state index contributed by atoms with van der Waals surface area (Å²) in [4.78, 5) is 37.6. The quantitative estimate of drug-likeness (QED) is 0.625. The smallest absolute Gasteiger partial charge is 0.352 e. The first-order valence-corrected chi connectivity index (χ1v) is 9.14. The fraction of sp³-hybridized carbons (Fsp3) is 0.300. The second kappa shape index (κ2) is 7.17. The number of carbonyl (C=O) groups is 3. The van der Waals surface area contributed by atoms with Crippen LogP contribution in [0.5, 0.6) is 0 Å². The number of nitrogens with one attached hydrogen (secondary N) is 1. The van der Waals surface area contributed by atoms with Crippen molar-refractivity contribution in [3.8, 4) is 0 Å². The molecule has 150 valence electrons. The first-order chi connectivity index (χ1) is 13.9. The number of aliphatic hydroxyl groups is 1. The molecule has 0 radical (unpaired) electrons. The number of β-lactam (4-membered cyclic amide) rings is 1. The molecule has 1 saturated heterocycles. The normalized spacial score (nSPS) is 21.6. The molecule has 4 rings (SSSR count). The molecule has 0 bridgehead atoms. The molecule has 2 aliphatic heterocycles. The molecule has 3 atom stereocenters. The van der Waals surface area contributed by atoms with Crippen LogP contribution < -0.4 is 5.32 Å². The van der Waals surface area contributed by atoms with Gasteiger partial charge in [0.25, 0.3) is 0 Å². The minimum absolute atomic E-state index is 0.0545. The molecule has 0 unspecified atom stereocenters. The van der Waals surface area contributed by atoms with Crippen molar-refractivity contribution >= 4 is 29.2 Å². The van der Waals surface area contributed by atoms with Crippen LogP contribution in [0, 0.1) is 5.92 Å². The lowest BCUT2D eigenvalue weighted by atomic mass is 9.82. The van der Waals surface area contributed by atoms with Gasteiger partial charge in [-0.05, 0) is 30.0 Å². The Kier molecular flexibility index (Phi) is 4.67. The Hall–Kier alpha value is -3.46. The zero-order valence-corrected chi connectivity index (χ0v) is 15.5. The van der Waals surface area contributed by atoms with Gasteiger partial charge in [0.15, 0.2) is 5.82 Å². The van der Waals surface area contributed by atoms with Crippen LogP contribution in [0.15, 0.2) is 46.8 Å². The molecule has 2 aromatic rings. The van der Waals surface area contributed by atoms with E-state index in [2.05, 4.69) is 15.0 Å². The molecular weight excluding hydrogens is 378 g/mol. The number of nitrogens with zero attached hydrogens (tertiary/aromatic N) is 2. The number of carboxylic acid groups (broad SMARTS) is 1. The maximum Gasteiger partial charge on any atom is 0.352 e. The van der Waals surface area contributed by atoms with E-state index in [1.54, 1.807) is 24.3 Å². The number of aromatic nitrogens is 1. The van der Waals surface area contributed by atoms with Crippen molar-refractivity contribution in [2.45, 2.75) is 31.9 Å². The highest BCUT2D eigenvalue weighted by Crippen LogP contribution is 2.46. The van der Waals surface area contributed by atoms with E-state index in [1.165, 1.54) is 24.2 Å². The summed E-state index contributed by atoms with van der Waals surface area (Å²) in [7, 11) is 0. The lowest BCUT2D eigenvalue weighted by Crippen LogP contribution is -2.61. The van der Waals surface area contributed by atoms with Crippen molar-refractivity contribution in [1.82, 2.24) is 10.1 Å². The molecule has 2 aliphatic rings.